The zero-order chi connectivity index (χ0) is 27.2. The summed E-state index contributed by atoms with van der Waals surface area (Å²) in [5.41, 5.74) is 1.55. The van der Waals surface area contributed by atoms with Gasteiger partial charge in [-0.05, 0) is 25.0 Å². The number of aromatic nitrogens is 1. The number of fused-ring (bicyclic) bond motifs is 2. The molecule has 2 aromatic carbocycles. The van der Waals surface area contributed by atoms with E-state index in [0.717, 1.165) is 36.1 Å². The molecule has 10 nitrogen and oxygen atoms in total. The standard InChI is InChI=1S/C24H29N5O4S.C5H5.H2O.Ru/c30-21(8-4-3-7-20-22-18(14-34-20)26-24(33)27-22)29-11-9-28(10-12-29)19-13-17(23(31)32)25-16-6-2-1-5-15(16)19;1-2-4-5-3-1;;/h1-2,5-6,13,18,20,22H,3-4,7-12,14H2,(H,31,32)(H2,26,27,33);1-5H;1H2;/q;-1;;+5/t18-,20-,22-;;;/m0.../s1. The number of carbonyl (C=O) groups excluding carboxylic acids is 2. The van der Waals surface area contributed by atoms with Gasteiger partial charge in [0.05, 0.1) is 17.6 Å². The third-order valence-electron chi connectivity index (χ3n) is 7.51. The maximum atomic E-state index is 12.8. The van der Waals surface area contributed by atoms with Crippen molar-refractivity contribution in [1.82, 2.24) is 20.5 Å². The van der Waals surface area contributed by atoms with Crippen LogP contribution in [0.4, 0.5) is 10.5 Å². The Balaban J connectivity index is 0.000000599. The number of thioether (sulfide) groups is 1. The third-order valence-corrected chi connectivity index (χ3v) is 9.02. The topological polar surface area (TPSA) is 146 Å². The summed E-state index contributed by atoms with van der Waals surface area (Å²) in [7, 11) is 0. The average Bonchev–Trinajstić information content (AvgIpc) is 3.72. The van der Waals surface area contributed by atoms with Gasteiger partial charge in [-0.3, -0.25) is 4.79 Å². The van der Waals surface area contributed by atoms with Crippen molar-refractivity contribution >= 4 is 46.3 Å². The van der Waals surface area contributed by atoms with Crippen LogP contribution in [0.15, 0.2) is 60.7 Å². The molecule has 6 rings (SSSR count). The molecule has 0 unspecified atom stereocenters. The molecular formula is C29H36N5O5RuS+4. The number of piperazine rings is 1. The van der Waals surface area contributed by atoms with E-state index in [-0.39, 0.29) is 54.7 Å². The molecule has 1 radical (unpaired) electrons. The molecule has 3 saturated heterocycles. The van der Waals surface area contributed by atoms with Gasteiger partial charge in [-0.25, -0.2) is 26.7 Å². The molecule has 3 fully saturated rings. The molecule has 0 bridgehead atoms. The van der Waals surface area contributed by atoms with Crippen molar-refractivity contribution in [2.45, 2.75) is 43.0 Å². The van der Waals surface area contributed by atoms with Gasteiger partial charge in [0, 0.05) is 54.7 Å². The van der Waals surface area contributed by atoms with Crippen LogP contribution in [-0.2, 0) is 24.3 Å². The smallest absolute Gasteiger partial charge is 0.477 e. The second-order valence-electron chi connectivity index (χ2n) is 10.0. The predicted octanol–water partition coefficient (Wildman–Crippen LogP) is 2.89. The summed E-state index contributed by atoms with van der Waals surface area (Å²) in [4.78, 5) is 44.1. The fraction of sp³-hybridized carbons (Fsp3) is 0.414. The first kappa shape index (κ1) is 32.4. The van der Waals surface area contributed by atoms with Crippen LogP contribution < -0.4 is 15.5 Å². The second-order valence-corrected chi connectivity index (χ2v) is 11.3. The summed E-state index contributed by atoms with van der Waals surface area (Å²) < 4.78 is 0. The summed E-state index contributed by atoms with van der Waals surface area (Å²) in [6.45, 7) is 2.57. The summed E-state index contributed by atoms with van der Waals surface area (Å²) in [5, 5.41) is 16.8. The molecule has 3 aliphatic heterocycles. The molecule has 1 aromatic heterocycles. The van der Waals surface area contributed by atoms with E-state index >= 15 is 0 Å². The molecule has 5 N–H and O–H groups in total. The number of carbonyl (C=O) groups is 3. The fourth-order valence-corrected chi connectivity index (χ4v) is 7.01. The number of hydrogen-bond acceptors (Lipinski definition) is 6. The number of aromatic carboxylic acids is 1. The number of hydrogen-bond donors (Lipinski definition) is 3. The number of anilines is 1. The largest absolute Gasteiger partial charge is 5.00 e. The molecule has 3 amide bonds. The first-order chi connectivity index (χ1) is 19.0. The molecule has 3 aliphatic rings. The van der Waals surface area contributed by atoms with Crippen LogP contribution in [0, 0.1) is 0 Å². The molecule has 0 spiro atoms. The van der Waals surface area contributed by atoms with Crippen molar-refractivity contribution in [2.24, 2.45) is 0 Å². The quantitative estimate of drug-likeness (QED) is 0.152. The minimum absolute atomic E-state index is 0. The summed E-state index contributed by atoms with van der Waals surface area (Å²) in [5.74, 6) is 0.0926. The van der Waals surface area contributed by atoms with Crippen molar-refractivity contribution in [3.05, 3.63) is 66.4 Å². The third kappa shape index (κ3) is 8.02. The van der Waals surface area contributed by atoms with E-state index in [9.17, 15) is 19.5 Å². The zero-order valence-electron chi connectivity index (χ0n) is 22.6. The Bertz CT molecular complexity index is 1280. The zero-order valence-corrected chi connectivity index (χ0v) is 25.2. The maximum Gasteiger partial charge on any atom is 5.00 e. The van der Waals surface area contributed by atoms with E-state index in [1.165, 1.54) is 0 Å². The number of nitrogens with one attached hydrogen (secondary N) is 2. The molecule has 12 heteroatoms. The Hall–Kier alpha value is -3.08. The second kappa shape index (κ2) is 15.2. The number of urea groups is 1. The molecular weight excluding hydrogens is 631 g/mol. The Labute approximate surface area is 256 Å². The van der Waals surface area contributed by atoms with Crippen molar-refractivity contribution in [2.75, 3.05) is 36.8 Å². The van der Waals surface area contributed by atoms with Gasteiger partial charge in [-0.2, -0.15) is 30.0 Å². The number of amides is 3. The number of rotatable bonds is 7. The minimum atomic E-state index is -1.04. The van der Waals surface area contributed by atoms with Gasteiger partial charge in [-0.15, -0.1) is 0 Å². The normalized spacial score (nSPS) is 21.0. The maximum absolute atomic E-state index is 12.8. The van der Waals surface area contributed by atoms with Crippen LogP contribution in [0.1, 0.15) is 36.2 Å². The van der Waals surface area contributed by atoms with Gasteiger partial charge >= 0.3 is 31.5 Å². The van der Waals surface area contributed by atoms with E-state index < -0.39 is 5.97 Å². The van der Waals surface area contributed by atoms with E-state index in [4.69, 9.17) is 0 Å². The van der Waals surface area contributed by atoms with Gasteiger partial charge in [0.25, 0.3) is 0 Å². The molecule has 3 atom stereocenters. The molecule has 4 heterocycles. The van der Waals surface area contributed by atoms with Crippen LogP contribution in [0.2, 0.25) is 0 Å². The van der Waals surface area contributed by atoms with Gasteiger partial charge in [0.1, 0.15) is 0 Å². The Kier molecular flexibility index (Phi) is 12.1. The Morgan fingerprint density at radius 1 is 1.05 bits per heavy atom. The van der Waals surface area contributed by atoms with Crippen molar-refractivity contribution in [1.29, 1.82) is 0 Å². The first-order valence-corrected chi connectivity index (χ1v) is 14.6. The molecule has 3 aromatic rings. The number of carboxylic acid groups (broad SMARTS) is 1. The van der Waals surface area contributed by atoms with Crippen molar-refractivity contribution in [3.8, 4) is 0 Å². The van der Waals surface area contributed by atoms with Gasteiger partial charge in [0.15, 0.2) is 5.69 Å². The minimum Gasteiger partial charge on any atom is -0.477 e. The Morgan fingerprint density at radius 3 is 2.46 bits per heavy atom. The van der Waals surface area contributed by atoms with E-state index in [0.29, 0.717) is 43.4 Å². The number of para-hydroxylation sites is 1. The summed E-state index contributed by atoms with van der Waals surface area (Å²) in [6, 6.07) is 19.6. The van der Waals surface area contributed by atoms with Crippen LogP contribution >= 0.6 is 11.8 Å². The summed E-state index contributed by atoms with van der Waals surface area (Å²) in [6.07, 6.45) is 3.38. The molecule has 41 heavy (non-hydrogen) atoms. The number of pyridine rings is 1. The van der Waals surface area contributed by atoms with E-state index in [1.54, 1.807) is 6.07 Å². The van der Waals surface area contributed by atoms with Crippen molar-refractivity contribution < 1.29 is 44.4 Å². The van der Waals surface area contributed by atoms with Gasteiger partial charge in [-0.1, -0.05) is 24.6 Å². The molecule has 0 saturated carbocycles. The number of unbranched alkanes of at least 4 members (excludes halogenated alkanes) is 1. The number of nitrogens with zero attached hydrogens (tertiary/aromatic N) is 3. The monoisotopic (exact) mass is 668 g/mol. The fourth-order valence-electron chi connectivity index (χ4n) is 5.47. The molecule has 0 aliphatic carbocycles. The van der Waals surface area contributed by atoms with Crippen molar-refractivity contribution in [3.63, 3.8) is 0 Å². The van der Waals surface area contributed by atoms with Crippen LogP contribution in [0.5, 0.6) is 0 Å². The van der Waals surface area contributed by atoms with E-state index in [2.05, 4.69) is 20.5 Å². The van der Waals surface area contributed by atoms with Crippen LogP contribution in [-0.4, -0.2) is 87.6 Å². The van der Waals surface area contributed by atoms with Crippen LogP contribution in [0.3, 0.4) is 0 Å². The predicted molar refractivity (Wildman–Crippen MR) is 157 cm³/mol. The average molecular weight is 668 g/mol. The molecule has 217 valence electrons. The van der Waals surface area contributed by atoms with Gasteiger partial charge in [0.2, 0.25) is 5.91 Å². The SMILES string of the molecule is O.O=C1N[C@H]2[C@H](CS[C@H]2CCCCC(=O)N2CCN(c3cc(C(=O)O)nc4ccccc34)CC2)N1.[Ru+5].c1cc[cH-]c1. The first-order valence-electron chi connectivity index (χ1n) is 13.5. The van der Waals surface area contributed by atoms with E-state index in [1.807, 2.05) is 71.3 Å². The van der Waals surface area contributed by atoms with Gasteiger partial charge < -0.3 is 31.0 Å². The number of carboxylic acids is 1. The number of benzene rings is 1. The Morgan fingerprint density at radius 2 is 1.78 bits per heavy atom. The van der Waals surface area contributed by atoms with Crippen LogP contribution in [0.25, 0.3) is 10.9 Å². The summed E-state index contributed by atoms with van der Waals surface area (Å²) >= 11 is 1.91.